The first-order chi connectivity index (χ1) is 8.92. The molecule has 1 fully saturated rings. The molecule has 1 N–H and O–H groups in total. The molecule has 2 rings (SSSR count). The Labute approximate surface area is 116 Å². The number of piperidine rings is 1. The molecule has 0 saturated carbocycles. The molecule has 0 atom stereocenters. The summed E-state index contributed by atoms with van der Waals surface area (Å²) in [6.45, 7) is 10.3. The van der Waals surface area contributed by atoms with Crippen LogP contribution in [0.15, 0.2) is 18.3 Å². The van der Waals surface area contributed by atoms with Crippen molar-refractivity contribution in [2.24, 2.45) is 5.92 Å². The second-order valence-corrected chi connectivity index (χ2v) is 6.35. The lowest BCUT2D eigenvalue weighted by atomic mass is 9.81. The van der Waals surface area contributed by atoms with Crippen LogP contribution in [0.2, 0.25) is 0 Å². The van der Waals surface area contributed by atoms with Crippen LogP contribution in [0.25, 0.3) is 0 Å². The van der Waals surface area contributed by atoms with Gasteiger partial charge in [-0.05, 0) is 36.3 Å². The first-order valence-electron chi connectivity index (χ1n) is 7.35. The summed E-state index contributed by atoms with van der Waals surface area (Å²) >= 11 is 0. The maximum absolute atomic E-state index is 10.5. The van der Waals surface area contributed by atoms with Crippen molar-refractivity contribution in [3.63, 3.8) is 0 Å². The Kier molecular flexibility index (Phi) is 4.14. The van der Waals surface area contributed by atoms with Crippen molar-refractivity contribution < 1.29 is 5.11 Å². The summed E-state index contributed by atoms with van der Waals surface area (Å²) in [4.78, 5) is 6.84. The maximum atomic E-state index is 10.5. The third kappa shape index (κ3) is 3.08. The van der Waals surface area contributed by atoms with Crippen molar-refractivity contribution in [3.8, 4) is 0 Å². The quantitative estimate of drug-likeness (QED) is 0.909. The summed E-state index contributed by atoms with van der Waals surface area (Å²) in [5, 5.41) is 10.5. The number of nitrogens with zero attached hydrogens (tertiary/aromatic N) is 2. The van der Waals surface area contributed by atoms with E-state index < -0.39 is 5.60 Å². The van der Waals surface area contributed by atoms with E-state index in [1.807, 2.05) is 6.20 Å². The Morgan fingerprint density at radius 2 is 1.79 bits per heavy atom. The molecular formula is C16H26N2O. The molecule has 3 nitrogen and oxygen atoms in total. The van der Waals surface area contributed by atoms with Crippen molar-refractivity contribution in [2.75, 3.05) is 18.0 Å². The summed E-state index contributed by atoms with van der Waals surface area (Å²) < 4.78 is 0. The van der Waals surface area contributed by atoms with Crippen LogP contribution in [0, 0.1) is 5.92 Å². The number of aromatic nitrogens is 1. The number of pyridine rings is 1. The van der Waals surface area contributed by atoms with Crippen LogP contribution in [-0.2, 0) is 0 Å². The standard InChI is InChI=1S/C16H26N2O/c1-12(2)14-5-6-15(17-11-14)18-9-7-16(19,8-10-18)13(3)4/h5-6,11-13,19H,7-10H2,1-4H3. The fraction of sp³-hybridized carbons (Fsp3) is 0.688. The summed E-state index contributed by atoms with van der Waals surface area (Å²) in [5.41, 5.74) is 0.786. The highest BCUT2D eigenvalue weighted by Crippen LogP contribution is 2.31. The second-order valence-electron chi connectivity index (χ2n) is 6.35. The first-order valence-corrected chi connectivity index (χ1v) is 7.35. The van der Waals surface area contributed by atoms with Gasteiger partial charge in [0.1, 0.15) is 5.82 Å². The van der Waals surface area contributed by atoms with Crippen LogP contribution in [0.3, 0.4) is 0 Å². The molecule has 1 aromatic heterocycles. The maximum Gasteiger partial charge on any atom is 0.128 e. The molecule has 0 amide bonds. The van der Waals surface area contributed by atoms with Gasteiger partial charge in [-0.25, -0.2) is 4.98 Å². The minimum absolute atomic E-state index is 0.325. The molecule has 1 aliphatic heterocycles. The Balaban J connectivity index is 2.01. The van der Waals surface area contributed by atoms with Gasteiger partial charge in [0, 0.05) is 19.3 Å². The number of hydrogen-bond acceptors (Lipinski definition) is 3. The molecule has 0 radical (unpaired) electrons. The number of rotatable bonds is 3. The molecule has 19 heavy (non-hydrogen) atoms. The van der Waals surface area contributed by atoms with E-state index in [0.29, 0.717) is 11.8 Å². The van der Waals surface area contributed by atoms with Gasteiger partial charge >= 0.3 is 0 Å². The van der Waals surface area contributed by atoms with Crippen molar-refractivity contribution in [2.45, 2.75) is 52.1 Å². The summed E-state index contributed by atoms with van der Waals surface area (Å²) in [5.74, 6) is 1.88. The lowest BCUT2D eigenvalue weighted by Gasteiger charge is -2.41. The van der Waals surface area contributed by atoms with Crippen molar-refractivity contribution in [1.29, 1.82) is 0 Å². The summed E-state index contributed by atoms with van der Waals surface area (Å²) in [6.07, 6.45) is 3.64. The van der Waals surface area contributed by atoms with E-state index in [0.717, 1.165) is 31.7 Å². The molecule has 0 spiro atoms. The van der Waals surface area contributed by atoms with Gasteiger partial charge in [0.2, 0.25) is 0 Å². The smallest absolute Gasteiger partial charge is 0.128 e. The van der Waals surface area contributed by atoms with Crippen molar-refractivity contribution in [3.05, 3.63) is 23.9 Å². The monoisotopic (exact) mass is 262 g/mol. The average molecular weight is 262 g/mol. The van der Waals surface area contributed by atoms with E-state index in [2.05, 4.69) is 49.7 Å². The number of aliphatic hydroxyl groups is 1. The van der Waals surface area contributed by atoms with Gasteiger partial charge in [-0.2, -0.15) is 0 Å². The van der Waals surface area contributed by atoms with Crippen molar-refractivity contribution >= 4 is 5.82 Å². The molecule has 0 aromatic carbocycles. The highest BCUT2D eigenvalue weighted by atomic mass is 16.3. The van der Waals surface area contributed by atoms with Gasteiger partial charge in [0.25, 0.3) is 0 Å². The topological polar surface area (TPSA) is 36.4 Å². The molecule has 2 heterocycles. The first kappa shape index (κ1) is 14.3. The van der Waals surface area contributed by atoms with Gasteiger partial charge in [0.05, 0.1) is 5.60 Å². The van der Waals surface area contributed by atoms with E-state index in [1.165, 1.54) is 5.56 Å². The third-order valence-corrected chi connectivity index (χ3v) is 4.47. The average Bonchev–Trinajstić information content (AvgIpc) is 2.39. The Bertz CT molecular complexity index is 403. The van der Waals surface area contributed by atoms with Crippen LogP contribution >= 0.6 is 0 Å². The van der Waals surface area contributed by atoms with E-state index >= 15 is 0 Å². The Morgan fingerprint density at radius 1 is 1.16 bits per heavy atom. The van der Waals surface area contributed by atoms with Gasteiger partial charge in [0.15, 0.2) is 0 Å². The molecular weight excluding hydrogens is 236 g/mol. The van der Waals surface area contributed by atoms with Gasteiger partial charge in [-0.3, -0.25) is 0 Å². The molecule has 0 unspecified atom stereocenters. The molecule has 1 aromatic rings. The van der Waals surface area contributed by atoms with Crippen molar-refractivity contribution in [1.82, 2.24) is 4.98 Å². The number of anilines is 1. The van der Waals surface area contributed by atoms with E-state index in [4.69, 9.17) is 0 Å². The minimum Gasteiger partial charge on any atom is -0.389 e. The zero-order valence-electron chi connectivity index (χ0n) is 12.6. The van der Waals surface area contributed by atoms with E-state index in [-0.39, 0.29) is 0 Å². The highest BCUT2D eigenvalue weighted by Gasteiger charge is 2.35. The lowest BCUT2D eigenvalue weighted by molar-refractivity contribution is -0.0262. The van der Waals surface area contributed by atoms with E-state index in [9.17, 15) is 5.11 Å². The molecule has 106 valence electrons. The van der Waals surface area contributed by atoms with Gasteiger partial charge < -0.3 is 10.0 Å². The minimum atomic E-state index is -0.492. The molecule has 1 aliphatic rings. The predicted molar refractivity (Wildman–Crippen MR) is 79.6 cm³/mol. The fourth-order valence-corrected chi connectivity index (χ4v) is 2.63. The van der Waals surface area contributed by atoms with E-state index in [1.54, 1.807) is 0 Å². The summed E-state index contributed by atoms with van der Waals surface area (Å²) in [6, 6.07) is 4.27. The molecule has 0 aliphatic carbocycles. The fourth-order valence-electron chi connectivity index (χ4n) is 2.63. The SMILES string of the molecule is CC(C)c1ccc(N2CCC(O)(C(C)C)CC2)nc1. The van der Waals surface area contributed by atoms with Gasteiger partial charge in [-0.1, -0.05) is 33.8 Å². The molecule has 3 heteroatoms. The molecule has 0 bridgehead atoms. The predicted octanol–water partition coefficient (Wildman–Crippen LogP) is 3.19. The normalized spacial score (nSPS) is 19.2. The zero-order chi connectivity index (χ0) is 14.0. The van der Waals surface area contributed by atoms with Crippen LogP contribution in [0.1, 0.15) is 52.0 Å². The highest BCUT2D eigenvalue weighted by molar-refractivity contribution is 5.40. The van der Waals surface area contributed by atoms with Crippen LogP contribution in [0.5, 0.6) is 0 Å². The van der Waals surface area contributed by atoms with Crippen LogP contribution in [-0.4, -0.2) is 28.8 Å². The lowest BCUT2D eigenvalue weighted by Crippen LogP contribution is -2.47. The van der Waals surface area contributed by atoms with Gasteiger partial charge in [-0.15, -0.1) is 0 Å². The largest absolute Gasteiger partial charge is 0.389 e. The summed E-state index contributed by atoms with van der Waals surface area (Å²) in [7, 11) is 0. The van der Waals surface area contributed by atoms with Crippen LogP contribution < -0.4 is 4.90 Å². The third-order valence-electron chi connectivity index (χ3n) is 4.47. The van der Waals surface area contributed by atoms with Crippen LogP contribution in [0.4, 0.5) is 5.82 Å². The Morgan fingerprint density at radius 3 is 2.21 bits per heavy atom. The zero-order valence-corrected chi connectivity index (χ0v) is 12.6. The second kappa shape index (κ2) is 5.49. The number of hydrogen-bond donors (Lipinski definition) is 1. The molecule has 1 saturated heterocycles. The Hall–Kier alpha value is -1.09.